The van der Waals surface area contributed by atoms with Crippen LogP contribution in [0, 0.1) is 0 Å². The average Bonchev–Trinajstić information content (AvgIpc) is 2.95. The molecule has 12 heteroatoms. The quantitative estimate of drug-likeness (QED) is 0.301. The van der Waals surface area contributed by atoms with Crippen LogP contribution < -0.4 is 4.90 Å². The SMILES string of the molecule is COCCOCCOCCOC(=O)N1CCN(CCCN2c3ccccc3Sc3ccc(C(F)(F)F)cc32)CC1. The third kappa shape index (κ3) is 8.50. The van der Waals surface area contributed by atoms with Gasteiger partial charge in [0, 0.05) is 49.6 Å². The molecule has 2 aliphatic heterocycles. The molecular weight excluding hydrogens is 547 g/mol. The zero-order valence-corrected chi connectivity index (χ0v) is 23.5. The minimum absolute atomic E-state index is 0.185. The van der Waals surface area contributed by atoms with E-state index in [0.717, 1.165) is 34.5 Å². The Labute approximate surface area is 237 Å². The number of rotatable bonds is 13. The second kappa shape index (κ2) is 14.9. The van der Waals surface area contributed by atoms with Gasteiger partial charge in [0.2, 0.25) is 0 Å². The number of ether oxygens (including phenoxy) is 4. The van der Waals surface area contributed by atoms with Gasteiger partial charge in [0.05, 0.1) is 50.0 Å². The molecule has 2 aromatic carbocycles. The number of carbonyl (C=O) groups is 1. The summed E-state index contributed by atoms with van der Waals surface area (Å²) in [5, 5.41) is 0. The summed E-state index contributed by atoms with van der Waals surface area (Å²) in [5.41, 5.74) is 0.876. The van der Waals surface area contributed by atoms with Crippen molar-refractivity contribution in [2.45, 2.75) is 22.4 Å². The van der Waals surface area contributed by atoms with Gasteiger partial charge in [-0.25, -0.2) is 4.79 Å². The van der Waals surface area contributed by atoms with Crippen molar-refractivity contribution in [3.63, 3.8) is 0 Å². The van der Waals surface area contributed by atoms with E-state index in [9.17, 15) is 18.0 Å². The molecule has 1 fully saturated rings. The first-order valence-electron chi connectivity index (χ1n) is 13.4. The predicted molar refractivity (Wildman–Crippen MR) is 147 cm³/mol. The lowest BCUT2D eigenvalue weighted by molar-refractivity contribution is -0.137. The van der Waals surface area contributed by atoms with E-state index in [-0.39, 0.29) is 12.7 Å². The molecule has 0 saturated carbocycles. The summed E-state index contributed by atoms with van der Waals surface area (Å²) in [7, 11) is 1.61. The van der Waals surface area contributed by atoms with Gasteiger partial charge in [0.15, 0.2) is 0 Å². The number of para-hydroxylation sites is 1. The number of anilines is 2. The number of hydrogen-bond acceptors (Lipinski definition) is 8. The van der Waals surface area contributed by atoms with Crippen LogP contribution in [0.1, 0.15) is 12.0 Å². The number of carbonyl (C=O) groups excluding carboxylic acids is 1. The molecule has 0 aliphatic carbocycles. The molecule has 2 aromatic rings. The highest BCUT2D eigenvalue weighted by Crippen LogP contribution is 2.49. The molecule has 40 heavy (non-hydrogen) atoms. The number of nitrogens with zero attached hydrogens (tertiary/aromatic N) is 3. The monoisotopic (exact) mass is 583 g/mol. The Morgan fingerprint density at radius 2 is 1.52 bits per heavy atom. The standard InChI is InChI=1S/C28H36F3N3O5S/c1-36-15-16-37-17-18-38-19-20-39-27(35)33-13-11-32(12-14-33)9-4-10-34-23-5-2-3-6-25(23)40-26-8-7-22(21-24(26)34)28(29,30)31/h2-3,5-8,21H,4,9-20H2,1H3. The lowest BCUT2D eigenvalue weighted by Crippen LogP contribution is -2.49. The molecule has 2 heterocycles. The van der Waals surface area contributed by atoms with Gasteiger partial charge in [-0.2, -0.15) is 13.2 Å². The average molecular weight is 584 g/mol. The molecule has 2 aliphatic rings. The van der Waals surface area contributed by atoms with E-state index < -0.39 is 11.7 Å². The topological polar surface area (TPSA) is 63.7 Å². The number of halogens is 3. The molecule has 0 bridgehead atoms. The van der Waals surface area contributed by atoms with E-state index in [4.69, 9.17) is 18.9 Å². The van der Waals surface area contributed by atoms with E-state index in [0.29, 0.717) is 71.4 Å². The number of alkyl halides is 3. The third-order valence-electron chi connectivity index (χ3n) is 6.70. The van der Waals surface area contributed by atoms with Crippen LogP contribution >= 0.6 is 11.8 Å². The van der Waals surface area contributed by atoms with Gasteiger partial charge in [0.1, 0.15) is 6.61 Å². The van der Waals surface area contributed by atoms with Crippen LogP contribution in [0.25, 0.3) is 0 Å². The maximum Gasteiger partial charge on any atom is 0.416 e. The van der Waals surface area contributed by atoms with Crippen molar-refractivity contribution in [2.24, 2.45) is 0 Å². The van der Waals surface area contributed by atoms with Gasteiger partial charge < -0.3 is 28.7 Å². The molecule has 0 N–H and O–H groups in total. The van der Waals surface area contributed by atoms with Crippen molar-refractivity contribution >= 4 is 29.2 Å². The molecule has 0 atom stereocenters. The molecule has 4 rings (SSSR count). The number of piperazine rings is 1. The highest BCUT2D eigenvalue weighted by molar-refractivity contribution is 7.99. The van der Waals surface area contributed by atoms with Crippen LogP contribution in [0.4, 0.5) is 29.3 Å². The van der Waals surface area contributed by atoms with Crippen molar-refractivity contribution in [1.29, 1.82) is 0 Å². The Morgan fingerprint density at radius 3 is 2.25 bits per heavy atom. The Bertz CT molecular complexity index is 1100. The number of hydrogen-bond donors (Lipinski definition) is 0. The van der Waals surface area contributed by atoms with Crippen molar-refractivity contribution in [3.05, 3.63) is 48.0 Å². The van der Waals surface area contributed by atoms with E-state index in [1.165, 1.54) is 17.8 Å². The number of benzene rings is 2. The summed E-state index contributed by atoms with van der Waals surface area (Å²) in [6.07, 6.45) is -3.97. The van der Waals surface area contributed by atoms with Gasteiger partial charge in [-0.1, -0.05) is 23.9 Å². The third-order valence-corrected chi connectivity index (χ3v) is 7.83. The highest BCUT2D eigenvalue weighted by Gasteiger charge is 2.33. The summed E-state index contributed by atoms with van der Waals surface area (Å²) in [6, 6.07) is 11.8. The Morgan fingerprint density at radius 1 is 0.850 bits per heavy atom. The first-order chi connectivity index (χ1) is 19.4. The zero-order chi connectivity index (χ0) is 28.4. The fourth-order valence-corrected chi connectivity index (χ4v) is 5.67. The van der Waals surface area contributed by atoms with Crippen LogP contribution in [0.5, 0.6) is 0 Å². The van der Waals surface area contributed by atoms with Crippen LogP contribution in [0.2, 0.25) is 0 Å². The van der Waals surface area contributed by atoms with Crippen LogP contribution in [-0.2, 0) is 25.1 Å². The molecule has 1 amide bonds. The first kappa shape index (κ1) is 30.4. The smallest absolute Gasteiger partial charge is 0.416 e. The molecule has 1 saturated heterocycles. The van der Waals surface area contributed by atoms with Crippen LogP contribution in [0.15, 0.2) is 52.3 Å². The summed E-state index contributed by atoms with van der Waals surface area (Å²) < 4.78 is 61.3. The van der Waals surface area contributed by atoms with E-state index in [2.05, 4.69) is 4.90 Å². The predicted octanol–water partition coefficient (Wildman–Crippen LogP) is 5.13. The largest absolute Gasteiger partial charge is 0.447 e. The van der Waals surface area contributed by atoms with E-state index in [1.54, 1.807) is 18.1 Å². The Balaban J connectivity index is 1.20. The van der Waals surface area contributed by atoms with Gasteiger partial charge >= 0.3 is 12.3 Å². The second-order valence-corrected chi connectivity index (χ2v) is 10.5. The van der Waals surface area contributed by atoms with Gasteiger partial charge in [-0.3, -0.25) is 4.90 Å². The second-order valence-electron chi connectivity index (χ2n) is 9.42. The van der Waals surface area contributed by atoms with Gasteiger partial charge in [0.25, 0.3) is 0 Å². The lowest BCUT2D eigenvalue weighted by Gasteiger charge is -2.36. The summed E-state index contributed by atoms with van der Waals surface area (Å²) in [6.45, 7) is 6.37. The number of amides is 1. The normalized spacial score (nSPS) is 15.6. The van der Waals surface area contributed by atoms with Crippen LogP contribution in [0.3, 0.4) is 0 Å². The van der Waals surface area contributed by atoms with Gasteiger partial charge in [-0.05, 0) is 43.3 Å². The Kier molecular flexibility index (Phi) is 11.4. The molecule has 0 aromatic heterocycles. The molecule has 220 valence electrons. The molecule has 8 nitrogen and oxygen atoms in total. The van der Waals surface area contributed by atoms with Crippen molar-refractivity contribution in [1.82, 2.24) is 9.80 Å². The number of fused-ring (bicyclic) bond motifs is 2. The van der Waals surface area contributed by atoms with Gasteiger partial charge in [-0.15, -0.1) is 0 Å². The maximum absolute atomic E-state index is 13.4. The van der Waals surface area contributed by atoms with E-state index in [1.807, 2.05) is 29.2 Å². The van der Waals surface area contributed by atoms with E-state index >= 15 is 0 Å². The number of methoxy groups -OCH3 is 1. The minimum atomic E-state index is -4.39. The lowest BCUT2D eigenvalue weighted by atomic mass is 10.1. The summed E-state index contributed by atoms with van der Waals surface area (Å²) in [5.74, 6) is 0. The summed E-state index contributed by atoms with van der Waals surface area (Å²) in [4.78, 5) is 20.2. The van der Waals surface area contributed by atoms with Crippen molar-refractivity contribution < 1.29 is 36.9 Å². The van der Waals surface area contributed by atoms with Crippen molar-refractivity contribution in [2.75, 3.05) is 90.9 Å². The molecule has 0 radical (unpaired) electrons. The summed E-state index contributed by atoms with van der Waals surface area (Å²) >= 11 is 1.50. The minimum Gasteiger partial charge on any atom is -0.447 e. The molecule has 0 unspecified atom stereocenters. The fraction of sp³-hybridized carbons (Fsp3) is 0.536. The zero-order valence-electron chi connectivity index (χ0n) is 22.7. The molecular formula is C28H36F3N3O5S. The van der Waals surface area contributed by atoms with Crippen molar-refractivity contribution in [3.8, 4) is 0 Å². The first-order valence-corrected chi connectivity index (χ1v) is 14.2. The highest BCUT2D eigenvalue weighted by atomic mass is 32.2. The maximum atomic E-state index is 13.4. The van der Waals surface area contributed by atoms with Crippen LogP contribution in [-0.4, -0.2) is 102 Å². The molecule has 0 spiro atoms. The fourth-order valence-electron chi connectivity index (χ4n) is 4.60. The Hall–Kier alpha value is -2.51.